The van der Waals surface area contributed by atoms with Crippen LogP contribution in [0.2, 0.25) is 0 Å². The van der Waals surface area contributed by atoms with Gasteiger partial charge < -0.3 is 19.5 Å². The minimum absolute atomic E-state index is 0.369. The van der Waals surface area contributed by atoms with E-state index >= 15 is 0 Å². The summed E-state index contributed by atoms with van der Waals surface area (Å²) in [4.78, 5) is 2.32. The first-order chi connectivity index (χ1) is 9.98. The van der Waals surface area contributed by atoms with E-state index in [9.17, 15) is 5.11 Å². The van der Waals surface area contributed by atoms with E-state index in [0.717, 1.165) is 24.4 Å². The van der Waals surface area contributed by atoms with Gasteiger partial charge in [-0.1, -0.05) is 26.0 Å². The van der Waals surface area contributed by atoms with Crippen LogP contribution in [0.25, 0.3) is 0 Å². The lowest BCUT2D eigenvalue weighted by Crippen LogP contribution is -2.34. The molecule has 0 spiro atoms. The van der Waals surface area contributed by atoms with Gasteiger partial charge in [0, 0.05) is 13.1 Å². The Morgan fingerprint density at radius 2 is 2.19 bits per heavy atom. The molecule has 0 saturated carbocycles. The Balaban J connectivity index is 1.68. The molecule has 1 aliphatic heterocycles. The molecule has 4 nitrogen and oxygen atoms in total. The molecule has 118 valence electrons. The largest absolute Gasteiger partial charge is 0.497 e. The van der Waals surface area contributed by atoms with Gasteiger partial charge in [0.05, 0.1) is 26.4 Å². The van der Waals surface area contributed by atoms with Crippen molar-refractivity contribution in [2.75, 3.05) is 33.4 Å². The van der Waals surface area contributed by atoms with Crippen LogP contribution in [0.5, 0.6) is 5.75 Å². The van der Waals surface area contributed by atoms with Crippen molar-refractivity contribution in [2.45, 2.75) is 33.0 Å². The van der Waals surface area contributed by atoms with Gasteiger partial charge in [0.2, 0.25) is 0 Å². The molecule has 1 fully saturated rings. The summed E-state index contributed by atoms with van der Waals surface area (Å²) in [6.45, 7) is 8.24. The second-order valence-electron chi connectivity index (χ2n) is 6.67. The molecule has 21 heavy (non-hydrogen) atoms. The highest BCUT2D eigenvalue weighted by atomic mass is 16.5. The van der Waals surface area contributed by atoms with Crippen molar-refractivity contribution in [1.29, 1.82) is 0 Å². The highest BCUT2D eigenvalue weighted by molar-refractivity contribution is 5.27. The second-order valence-corrected chi connectivity index (χ2v) is 6.67. The van der Waals surface area contributed by atoms with Crippen molar-refractivity contribution in [3.8, 4) is 5.75 Å². The third-order valence-electron chi connectivity index (χ3n) is 3.94. The van der Waals surface area contributed by atoms with Crippen LogP contribution in [0.15, 0.2) is 24.3 Å². The number of ether oxygens (including phenoxy) is 2. The van der Waals surface area contributed by atoms with Gasteiger partial charge in [-0.05, 0) is 36.1 Å². The van der Waals surface area contributed by atoms with E-state index in [2.05, 4.69) is 18.7 Å². The van der Waals surface area contributed by atoms with Crippen molar-refractivity contribution in [2.24, 2.45) is 5.41 Å². The van der Waals surface area contributed by atoms with E-state index in [-0.39, 0.29) is 0 Å². The smallest absolute Gasteiger partial charge is 0.119 e. The Morgan fingerprint density at radius 1 is 1.38 bits per heavy atom. The van der Waals surface area contributed by atoms with E-state index in [4.69, 9.17) is 9.47 Å². The lowest BCUT2D eigenvalue weighted by atomic mass is 9.93. The predicted octanol–water partition coefficient (Wildman–Crippen LogP) is 2.30. The maximum atomic E-state index is 10.1. The van der Waals surface area contributed by atoms with Gasteiger partial charge in [-0.15, -0.1) is 0 Å². The molecule has 0 radical (unpaired) electrons. The van der Waals surface area contributed by atoms with Crippen molar-refractivity contribution < 1.29 is 14.6 Å². The van der Waals surface area contributed by atoms with Gasteiger partial charge in [0.15, 0.2) is 0 Å². The zero-order chi connectivity index (χ0) is 15.3. The number of rotatable bonds is 7. The lowest BCUT2D eigenvalue weighted by molar-refractivity contribution is 0.0122. The number of benzene rings is 1. The highest BCUT2D eigenvalue weighted by Crippen LogP contribution is 2.28. The third kappa shape index (κ3) is 5.30. The van der Waals surface area contributed by atoms with Crippen LogP contribution < -0.4 is 4.74 Å². The molecule has 0 amide bonds. The van der Waals surface area contributed by atoms with Crippen LogP contribution in [0.3, 0.4) is 0 Å². The molecule has 4 heteroatoms. The molecule has 1 aromatic rings. The van der Waals surface area contributed by atoms with Gasteiger partial charge >= 0.3 is 0 Å². The normalized spacial score (nSPS) is 19.6. The summed E-state index contributed by atoms with van der Waals surface area (Å²) in [6, 6.07) is 7.81. The minimum atomic E-state index is -0.426. The summed E-state index contributed by atoms with van der Waals surface area (Å²) in [6.07, 6.45) is 0.772. The predicted molar refractivity (Wildman–Crippen MR) is 83.5 cm³/mol. The van der Waals surface area contributed by atoms with Crippen LogP contribution in [-0.2, 0) is 11.3 Å². The number of hydrogen-bond donors (Lipinski definition) is 1. The third-order valence-corrected chi connectivity index (χ3v) is 3.94. The summed E-state index contributed by atoms with van der Waals surface area (Å²) in [5.74, 6) is 0.830. The first-order valence-electron chi connectivity index (χ1n) is 7.60. The second kappa shape index (κ2) is 7.25. The molecule has 0 aliphatic carbocycles. The minimum Gasteiger partial charge on any atom is -0.497 e. The van der Waals surface area contributed by atoms with Crippen molar-refractivity contribution in [3.05, 3.63) is 29.8 Å². The summed E-state index contributed by atoms with van der Waals surface area (Å²) in [5, 5.41) is 10.1. The first-order valence-corrected chi connectivity index (χ1v) is 7.60. The van der Waals surface area contributed by atoms with E-state index < -0.39 is 6.10 Å². The zero-order valence-electron chi connectivity index (χ0n) is 13.3. The van der Waals surface area contributed by atoms with E-state index in [1.807, 2.05) is 24.3 Å². The maximum Gasteiger partial charge on any atom is 0.119 e. The number of aliphatic hydroxyl groups is 1. The topological polar surface area (TPSA) is 41.9 Å². The maximum absolute atomic E-state index is 10.1. The van der Waals surface area contributed by atoms with Crippen LogP contribution >= 0.6 is 0 Å². The van der Waals surface area contributed by atoms with E-state index in [1.165, 1.54) is 6.42 Å². The molecule has 2 rings (SSSR count). The van der Waals surface area contributed by atoms with Gasteiger partial charge in [0.25, 0.3) is 0 Å². The summed E-state index contributed by atoms with van der Waals surface area (Å²) in [5.41, 5.74) is 1.44. The Kier molecular flexibility index (Phi) is 5.62. The average molecular weight is 293 g/mol. The molecule has 0 aromatic heterocycles. The summed E-state index contributed by atoms with van der Waals surface area (Å²) < 4.78 is 10.8. The molecule has 1 unspecified atom stereocenters. The molecule has 1 heterocycles. The highest BCUT2D eigenvalue weighted by Gasteiger charge is 2.29. The van der Waals surface area contributed by atoms with Gasteiger partial charge in [-0.25, -0.2) is 0 Å². The van der Waals surface area contributed by atoms with Crippen LogP contribution in [0, 0.1) is 5.41 Å². The number of hydrogen-bond acceptors (Lipinski definition) is 4. The van der Waals surface area contributed by atoms with Crippen molar-refractivity contribution >= 4 is 0 Å². The van der Waals surface area contributed by atoms with Crippen LogP contribution in [0.4, 0.5) is 0 Å². The molecule has 1 saturated heterocycles. The Labute approximate surface area is 127 Å². The number of aliphatic hydroxyl groups excluding tert-OH is 1. The van der Waals surface area contributed by atoms with Crippen LogP contribution in [0.1, 0.15) is 25.8 Å². The number of nitrogens with zero attached hydrogens (tertiary/aromatic N) is 1. The van der Waals surface area contributed by atoms with E-state index in [1.54, 1.807) is 7.11 Å². The Morgan fingerprint density at radius 3 is 2.86 bits per heavy atom. The molecule has 1 N–H and O–H groups in total. The fourth-order valence-corrected chi connectivity index (χ4v) is 2.81. The molecule has 1 atom stereocenters. The Hall–Kier alpha value is -1.10. The monoisotopic (exact) mass is 293 g/mol. The average Bonchev–Trinajstić information content (AvgIpc) is 2.78. The standard InChI is InChI=1S/C17H27NO3/c1-17(2)7-8-18(13-17)10-15(19)12-21-11-14-5-4-6-16(9-14)20-3/h4-6,9,15,19H,7-8,10-13H2,1-3H3. The quantitative estimate of drug-likeness (QED) is 0.837. The fourth-order valence-electron chi connectivity index (χ4n) is 2.81. The summed E-state index contributed by atoms with van der Waals surface area (Å²) in [7, 11) is 1.65. The number of methoxy groups -OCH3 is 1. The molecule has 1 aliphatic rings. The fraction of sp³-hybridized carbons (Fsp3) is 0.647. The van der Waals surface area contributed by atoms with Crippen molar-refractivity contribution in [1.82, 2.24) is 4.90 Å². The lowest BCUT2D eigenvalue weighted by Gasteiger charge is -2.22. The van der Waals surface area contributed by atoms with Crippen molar-refractivity contribution in [3.63, 3.8) is 0 Å². The van der Waals surface area contributed by atoms with E-state index in [0.29, 0.717) is 25.2 Å². The summed E-state index contributed by atoms with van der Waals surface area (Å²) >= 11 is 0. The molecule has 1 aromatic carbocycles. The molecular weight excluding hydrogens is 266 g/mol. The zero-order valence-corrected chi connectivity index (χ0v) is 13.3. The molecule has 0 bridgehead atoms. The number of β-amino-alcohol motifs (C(OH)–C–C–N with tert-alkyl or cyclic N) is 1. The van der Waals surface area contributed by atoms with Gasteiger partial charge in [0.1, 0.15) is 5.75 Å². The SMILES string of the molecule is COc1cccc(COCC(O)CN2CCC(C)(C)C2)c1. The molecular formula is C17H27NO3. The van der Waals surface area contributed by atoms with Gasteiger partial charge in [-0.2, -0.15) is 0 Å². The van der Waals surface area contributed by atoms with Gasteiger partial charge in [-0.3, -0.25) is 0 Å². The Bertz CT molecular complexity index is 447. The number of likely N-dealkylation sites (tertiary alicyclic amines) is 1. The van der Waals surface area contributed by atoms with Crippen LogP contribution in [-0.4, -0.2) is 49.5 Å². The first kappa shape index (κ1) is 16.3.